The first-order chi connectivity index (χ1) is 13.8. The van der Waals surface area contributed by atoms with Crippen molar-refractivity contribution in [1.29, 1.82) is 0 Å². The molecule has 0 spiro atoms. The van der Waals surface area contributed by atoms with Gasteiger partial charge in [0.15, 0.2) is 0 Å². The average molecular weight is 377 g/mol. The van der Waals surface area contributed by atoms with Gasteiger partial charge in [-0.15, -0.1) is 0 Å². The lowest BCUT2D eigenvalue weighted by Gasteiger charge is -2.12. The zero-order chi connectivity index (χ0) is 19.6. The molecule has 0 aliphatic heterocycles. The van der Waals surface area contributed by atoms with Gasteiger partial charge >= 0.3 is 0 Å². The zero-order valence-electron chi connectivity index (χ0n) is 15.8. The van der Waals surface area contributed by atoms with Crippen molar-refractivity contribution < 1.29 is 19.0 Å². The molecule has 0 aliphatic carbocycles. The van der Waals surface area contributed by atoms with Crippen molar-refractivity contribution in [2.24, 2.45) is 0 Å². The molecular formula is C23H23NO4. The fourth-order valence-electron chi connectivity index (χ4n) is 2.58. The van der Waals surface area contributed by atoms with Crippen LogP contribution in [-0.4, -0.2) is 25.7 Å². The van der Waals surface area contributed by atoms with Crippen LogP contribution in [0, 0.1) is 0 Å². The van der Waals surface area contributed by atoms with Crippen molar-refractivity contribution in [3.63, 3.8) is 0 Å². The third-order valence-corrected chi connectivity index (χ3v) is 3.92. The predicted octanol–water partition coefficient (Wildman–Crippen LogP) is 4.80. The van der Waals surface area contributed by atoms with E-state index in [2.05, 4.69) is 5.32 Å². The van der Waals surface area contributed by atoms with Gasteiger partial charge in [0.1, 0.15) is 30.5 Å². The maximum Gasteiger partial charge on any atom is 0.255 e. The second-order valence-electron chi connectivity index (χ2n) is 5.92. The van der Waals surface area contributed by atoms with Crippen LogP contribution >= 0.6 is 0 Å². The first-order valence-corrected chi connectivity index (χ1v) is 9.20. The summed E-state index contributed by atoms with van der Waals surface area (Å²) in [6, 6.07) is 23.9. The number of nitrogens with one attached hydrogen (secondary N) is 1. The molecule has 0 fully saturated rings. The number of ether oxygens (including phenoxy) is 3. The summed E-state index contributed by atoms with van der Waals surface area (Å²) >= 11 is 0. The Morgan fingerprint density at radius 2 is 1.36 bits per heavy atom. The van der Waals surface area contributed by atoms with E-state index in [-0.39, 0.29) is 5.91 Å². The summed E-state index contributed by atoms with van der Waals surface area (Å²) in [4.78, 5) is 12.5. The molecule has 1 amide bonds. The van der Waals surface area contributed by atoms with Crippen molar-refractivity contribution in [3.8, 4) is 17.2 Å². The van der Waals surface area contributed by atoms with Gasteiger partial charge in [0.2, 0.25) is 0 Å². The van der Waals surface area contributed by atoms with Gasteiger partial charge in [0.25, 0.3) is 5.91 Å². The lowest BCUT2D eigenvalue weighted by molar-refractivity contribution is 0.102. The molecule has 28 heavy (non-hydrogen) atoms. The van der Waals surface area contributed by atoms with Crippen molar-refractivity contribution >= 4 is 11.6 Å². The van der Waals surface area contributed by atoms with Gasteiger partial charge in [-0.25, -0.2) is 0 Å². The highest BCUT2D eigenvalue weighted by molar-refractivity contribution is 6.05. The normalized spacial score (nSPS) is 10.2. The summed E-state index contributed by atoms with van der Waals surface area (Å²) in [5.41, 5.74) is 1.19. The number of carbonyl (C=O) groups excluding carboxylic acids is 1. The topological polar surface area (TPSA) is 56.8 Å². The molecule has 0 saturated heterocycles. The van der Waals surface area contributed by atoms with Crippen LogP contribution in [0.2, 0.25) is 0 Å². The maximum absolute atomic E-state index is 12.5. The first kappa shape index (κ1) is 19.3. The van der Waals surface area contributed by atoms with E-state index in [9.17, 15) is 4.79 Å². The predicted molar refractivity (Wildman–Crippen MR) is 109 cm³/mol. The molecule has 3 aromatic carbocycles. The van der Waals surface area contributed by atoms with Crippen LogP contribution in [0.4, 0.5) is 5.69 Å². The van der Waals surface area contributed by atoms with Crippen molar-refractivity contribution in [2.75, 3.05) is 25.1 Å². The van der Waals surface area contributed by atoms with E-state index in [1.807, 2.05) is 61.5 Å². The minimum atomic E-state index is -0.203. The van der Waals surface area contributed by atoms with Crippen LogP contribution in [0.1, 0.15) is 17.3 Å². The third-order valence-electron chi connectivity index (χ3n) is 3.92. The molecule has 0 bridgehead atoms. The van der Waals surface area contributed by atoms with Crippen LogP contribution in [-0.2, 0) is 0 Å². The van der Waals surface area contributed by atoms with E-state index in [1.54, 1.807) is 24.3 Å². The quantitative estimate of drug-likeness (QED) is 0.545. The van der Waals surface area contributed by atoms with Crippen LogP contribution in [0.5, 0.6) is 17.2 Å². The van der Waals surface area contributed by atoms with Gasteiger partial charge in [-0.05, 0) is 55.5 Å². The number of carbonyl (C=O) groups is 1. The number of anilines is 1. The van der Waals surface area contributed by atoms with E-state index < -0.39 is 0 Å². The summed E-state index contributed by atoms with van der Waals surface area (Å²) in [7, 11) is 0. The van der Waals surface area contributed by atoms with E-state index in [4.69, 9.17) is 14.2 Å². The summed E-state index contributed by atoms with van der Waals surface area (Å²) in [5.74, 6) is 1.94. The summed E-state index contributed by atoms with van der Waals surface area (Å²) in [6.45, 7) is 3.30. The van der Waals surface area contributed by atoms with Crippen LogP contribution in [0.3, 0.4) is 0 Å². The molecule has 5 heteroatoms. The molecule has 0 aliphatic rings. The van der Waals surface area contributed by atoms with Crippen molar-refractivity contribution in [2.45, 2.75) is 6.92 Å². The Morgan fingerprint density at radius 3 is 2.04 bits per heavy atom. The smallest absolute Gasteiger partial charge is 0.255 e. The Hall–Kier alpha value is -3.47. The monoisotopic (exact) mass is 377 g/mol. The van der Waals surface area contributed by atoms with Crippen LogP contribution in [0.15, 0.2) is 78.9 Å². The second kappa shape index (κ2) is 10.0. The summed E-state index contributed by atoms with van der Waals surface area (Å²) in [5, 5.41) is 2.88. The highest BCUT2D eigenvalue weighted by atomic mass is 16.5. The average Bonchev–Trinajstić information content (AvgIpc) is 2.74. The van der Waals surface area contributed by atoms with Gasteiger partial charge in [0, 0.05) is 5.56 Å². The Balaban J connectivity index is 1.50. The largest absolute Gasteiger partial charge is 0.492 e. The first-order valence-electron chi connectivity index (χ1n) is 9.20. The van der Waals surface area contributed by atoms with E-state index in [0.29, 0.717) is 42.6 Å². The minimum absolute atomic E-state index is 0.203. The van der Waals surface area contributed by atoms with Gasteiger partial charge in [-0.1, -0.05) is 30.3 Å². The molecule has 0 atom stereocenters. The van der Waals surface area contributed by atoms with Crippen molar-refractivity contribution in [1.82, 2.24) is 0 Å². The van der Waals surface area contributed by atoms with Crippen LogP contribution < -0.4 is 19.5 Å². The molecule has 0 radical (unpaired) electrons. The van der Waals surface area contributed by atoms with Crippen LogP contribution in [0.25, 0.3) is 0 Å². The van der Waals surface area contributed by atoms with Gasteiger partial charge in [-0.3, -0.25) is 4.79 Å². The SMILES string of the molecule is CCOc1ccccc1NC(=O)c1ccc(OCCOc2ccccc2)cc1. The lowest BCUT2D eigenvalue weighted by Crippen LogP contribution is -2.13. The van der Waals surface area contributed by atoms with Gasteiger partial charge in [-0.2, -0.15) is 0 Å². The lowest BCUT2D eigenvalue weighted by atomic mass is 10.2. The number of amides is 1. The number of hydrogen-bond acceptors (Lipinski definition) is 4. The molecule has 0 unspecified atom stereocenters. The zero-order valence-corrected chi connectivity index (χ0v) is 15.8. The highest BCUT2D eigenvalue weighted by Gasteiger charge is 2.09. The Morgan fingerprint density at radius 1 is 0.750 bits per heavy atom. The fraction of sp³-hybridized carbons (Fsp3) is 0.174. The van der Waals surface area contributed by atoms with Crippen molar-refractivity contribution in [3.05, 3.63) is 84.4 Å². The van der Waals surface area contributed by atoms with Gasteiger partial charge < -0.3 is 19.5 Å². The number of rotatable bonds is 9. The molecule has 5 nitrogen and oxygen atoms in total. The standard InChI is InChI=1S/C23H23NO4/c1-2-26-22-11-7-6-10-21(22)24-23(25)18-12-14-20(15-13-18)28-17-16-27-19-8-4-3-5-9-19/h3-15H,2,16-17H2,1H3,(H,24,25). The highest BCUT2D eigenvalue weighted by Crippen LogP contribution is 2.24. The Labute approximate surface area is 164 Å². The van der Waals surface area contributed by atoms with E-state index in [0.717, 1.165) is 5.75 Å². The summed E-state index contributed by atoms with van der Waals surface area (Å²) < 4.78 is 16.8. The minimum Gasteiger partial charge on any atom is -0.492 e. The third kappa shape index (κ3) is 5.51. The molecular weight excluding hydrogens is 354 g/mol. The molecule has 3 aromatic rings. The molecule has 0 aromatic heterocycles. The summed E-state index contributed by atoms with van der Waals surface area (Å²) in [6.07, 6.45) is 0. The second-order valence-corrected chi connectivity index (χ2v) is 5.92. The Bertz CT molecular complexity index is 879. The fourth-order valence-corrected chi connectivity index (χ4v) is 2.58. The van der Waals surface area contributed by atoms with Gasteiger partial charge in [0.05, 0.1) is 12.3 Å². The number of benzene rings is 3. The Kier molecular flexibility index (Phi) is 6.90. The molecule has 3 rings (SSSR count). The molecule has 0 heterocycles. The molecule has 1 N–H and O–H groups in total. The number of para-hydroxylation sites is 3. The number of hydrogen-bond donors (Lipinski definition) is 1. The van der Waals surface area contributed by atoms with E-state index >= 15 is 0 Å². The molecule has 144 valence electrons. The van der Waals surface area contributed by atoms with E-state index in [1.165, 1.54) is 0 Å². The molecule has 0 saturated carbocycles. The maximum atomic E-state index is 12.5.